The second kappa shape index (κ2) is 9.56. The molecule has 150 valence electrons. The fraction of sp³-hybridized carbons (Fsp3) is 0.304. The predicted octanol–water partition coefficient (Wildman–Crippen LogP) is 4.65. The Morgan fingerprint density at radius 2 is 1.93 bits per heavy atom. The van der Waals surface area contributed by atoms with E-state index in [1.54, 1.807) is 5.51 Å². The Bertz CT molecular complexity index is 915. The average Bonchev–Trinajstić information content (AvgIpc) is 3.31. The van der Waals surface area contributed by atoms with E-state index in [0.29, 0.717) is 37.0 Å². The number of thiazole rings is 1. The Balaban J connectivity index is 1.38. The molecule has 0 radical (unpaired) electrons. The zero-order chi connectivity index (χ0) is 19.9. The second-order valence-corrected chi connectivity index (χ2v) is 7.87. The molecule has 6 heteroatoms. The quantitative estimate of drug-likeness (QED) is 0.571. The number of ether oxygens (including phenoxy) is 2. The third-order valence-electron chi connectivity index (χ3n) is 5.01. The molecular formula is C23H24N2O3S. The van der Waals surface area contributed by atoms with Gasteiger partial charge in [0.1, 0.15) is 18.1 Å². The molecule has 0 aliphatic carbocycles. The van der Waals surface area contributed by atoms with Crippen molar-refractivity contribution in [1.82, 2.24) is 9.88 Å². The van der Waals surface area contributed by atoms with Crippen molar-refractivity contribution < 1.29 is 14.3 Å². The molecule has 2 aromatic carbocycles. The number of piperidine rings is 1. The van der Waals surface area contributed by atoms with E-state index in [1.165, 1.54) is 11.3 Å². The summed E-state index contributed by atoms with van der Waals surface area (Å²) in [6, 6.07) is 17.3. The summed E-state index contributed by atoms with van der Waals surface area (Å²) in [5, 5.41) is 1.95. The van der Waals surface area contributed by atoms with Gasteiger partial charge in [-0.15, -0.1) is 11.3 Å². The van der Waals surface area contributed by atoms with E-state index >= 15 is 0 Å². The fourth-order valence-electron chi connectivity index (χ4n) is 3.52. The maximum absolute atomic E-state index is 13.2. The van der Waals surface area contributed by atoms with Crippen LogP contribution in [0.1, 0.15) is 28.9 Å². The average molecular weight is 409 g/mol. The van der Waals surface area contributed by atoms with Crippen molar-refractivity contribution in [2.45, 2.75) is 19.4 Å². The minimum Gasteiger partial charge on any atom is -0.493 e. The molecule has 29 heavy (non-hydrogen) atoms. The molecule has 0 spiro atoms. The Kier molecular flexibility index (Phi) is 6.42. The summed E-state index contributed by atoms with van der Waals surface area (Å²) in [4.78, 5) is 19.4. The van der Waals surface area contributed by atoms with Crippen molar-refractivity contribution in [3.63, 3.8) is 0 Å². The van der Waals surface area contributed by atoms with E-state index in [-0.39, 0.29) is 5.91 Å². The topological polar surface area (TPSA) is 51.7 Å². The van der Waals surface area contributed by atoms with E-state index in [0.717, 1.165) is 30.8 Å². The number of para-hydroxylation sites is 2. The summed E-state index contributed by atoms with van der Waals surface area (Å²) >= 11 is 1.53. The van der Waals surface area contributed by atoms with Crippen LogP contribution in [0.3, 0.4) is 0 Å². The molecule has 0 bridgehead atoms. The highest BCUT2D eigenvalue weighted by atomic mass is 32.1. The molecule has 1 fully saturated rings. The third kappa shape index (κ3) is 5.15. The standard InChI is InChI=1S/C23H24N2O3S/c26-23(21-10-4-5-11-22(21)28-15-19-16-29-17-24-19)25-12-6-7-18(13-25)14-27-20-8-2-1-3-9-20/h1-5,8-11,16-18H,6-7,12-15H2. The number of rotatable bonds is 7. The van der Waals surface area contributed by atoms with Crippen LogP contribution in [0.25, 0.3) is 0 Å². The lowest BCUT2D eigenvalue weighted by atomic mass is 9.98. The van der Waals surface area contributed by atoms with Crippen LogP contribution in [0.4, 0.5) is 0 Å². The number of benzene rings is 2. The molecule has 1 aliphatic heterocycles. The Morgan fingerprint density at radius 1 is 1.10 bits per heavy atom. The second-order valence-electron chi connectivity index (χ2n) is 7.15. The van der Waals surface area contributed by atoms with Gasteiger partial charge < -0.3 is 14.4 Å². The lowest BCUT2D eigenvalue weighted by Crippen LogP contribution is -2.41. The molecular weight excluding hydrogens is 384 g/mol. The third-order valence-corrected chi connectivity index (χ3v) is 5.65. The Hall–Kier alpha value is -2.86. The molecule has 1 atom stereocenters. The lowest BCUT2D eigenvalue weighted by molar-refractivity contribution is 0.0628. The van der Waals surface area contributed by atoms with Gasteiger partial charge in [0.2, 0.25) is 0 Å². The first kappa shape index (κ1) is 19.5. The van der Waals surface area contributed by atoms with Crippen molar-refractivity contribution in [1.29, 1.82) is 0 Å². The summed E-state index contributed by atoms with van der Waals surface area (Å²) in [5.41, 5.74) is 3.25. The van der Waals surface area contributed by atoms with Gasteiger partial charge in [-0.2, -0.15) is 0 Å². The van der Waals surface area contributed by atoms with E-state index in [2.05, 4.69) is 4.98 Å². The first-order chi connectivity index (χ1) is 14.3. The maximum atomic E-state index is 13.2. The summed E-state index contributed by atoms with van der Waals surface area (Å²) in [6.45, 7) is 2.45. The number of aromatic nitrogens is 1. The highest BCUT2D eigenvalue weighted by Crippen LogP contribution is 2.25. The van der Waals surface area contributed by atoms with Gasteiger partial charge >= 0.3 is 0 Å². The van der Waals surface area contributed by atoms with Crippen LogP contribution in [0.2, 0.25) is 0 Å². The number of nitrogens with zero attached hydrogens (tertiary/aromatic N) is 2. The van der Waals surface area contributed by atoms with Crippen LogP contribution in [-0.4, -0.2) is 35.5 Å². The van der Waals surface area contributed by atoms with Crippen LogP contribution in [0, 0.1) is 5.92 Å². The molecule has 1 aromatic heterocycles. The zero-order valence-corrected chi connectivity index (χ0v) is 17.0. The first-order valence-electron chi connectivity index (χ1n) is 9.85. The van der Waals surface area contributed by atoms with Gasteiger partial charge in [-0.25, -0.2) is 4.98 Å². The minimum absolute atomic E-state index is 0.0169. The lowest BCUT2D eigenvalue weighted by Gasteiger charge is -2.33. The van der Waals surface area contributed by atoms with Gasteiger partial charge in [-0.3, -0.25) is 4.79 Å². The van der Waals surface area contributed by atoms with Crippen LogP contribution in [-0.2, 0) is 6.61 Å². The van der Waals surface area contributed by atoms with E-state index in [9.17, 15) is 4.79 Å². The van der Waals surface area contributed by atoms with Crippen molar-refractivity contribution in [2.75, 3.05) is 19.7 Å². The molecule has 1 amide bonds. The molecule has 0 saturated carbocycles. The van der Waals surface area contributed by atoms with Gasteiger partial charge in [-0.1, -0.05) is 30.3 Å². The molecule has 1 saturated heterocycles. The monoisotopic (exact) mass is 408 g/mol. The highest BCUT2D eigenvalue weighted by Gasteiger charge is 2.26. The normalized spacial score (nSPS) is 16.4. The largest absolute Gasteiger partial charge is 0.493 e. The van der Waals surface area contributed by atoms with Crippen LogP contribution >= 0.6 is 11.3 Å². The fourth-order valence-corrected chi connectivity index (χ4v) is 4.06. The summed E-state index contributed by atoms with van der Waals surface area (Å²) in [7, 11) is 0. The SMILES string of the molecule is O=C(c1ccccc1OCc1cscn1)N1CCCC(COc2ccccc2)C1. The Morgan fingerprint density at radius 3 is 2.76 bits per heavy atom. The van der Waals surface area contributed by atoms with Gasteiger partial charge in [-0.05, 0) is 37.1 Å². The van der Waals surface area contributed by atoms with Gasteiger partial charge in [0.15, 0.2) is 0 Å². The maximum Gasteiger partial charge on any atom is 0.257 e. The Labute approximate surface area is 174 Å². The zero-order valence-electron chi connectivity index (χ0n) is 16.2. The smallest absolute Gasteiger partial charge is 0.257 e. The minimum atomic E-state index is 0.0169. The molecule has 0 N–H and O–H groups in total. The number of carbonyl (C=O) groups excluding carboxylic acids is 1. The summed E-state index contributed by atoms with van der Waals surface area (Å²) in [5.74, 6) is 1.82. The van der Waals surface area contributed by atoms with E-state index in [1.807, 2.05) is 64.9 Å². The number of hydrogen-bond donors (Lipinski definition) is 0. The highest BCUT2D eigenvalue weighted by molar-refractivity contribution is 7.07. The van der Waals surface area contributed by atoms with Gasteiger partial charge in [0.05, 0.1) is 23.4 Å². The molecule has 5 nitrogen and oxygen atoms in total. The van der Waals surface area contributed by atoms with Crippen molar-refractivity contribution in [3.05, 3.63) is 76.7 Å². The number of amides is 1. The van der Waals surface area contributed by atoms with Crippen LogP contribution < -0.4 is 9.47 Å². The first-order valence-corrected chi connectivity index (χ1v) is 10.8. The molecule has 4 rings (SSSR count). The van der Waals surface area contributed by atoms with Crippen molar-refractivity contribution >= 4 is 17.2 Å². The molecule has 3 aromatic rings. The van der Waals surface area contributed by atoms with Gasteiger partial charge in [0.25, 0.3) is 5.91 Å². The number of carbonyl (C=O) groups is 1. The van der Waals surface area contributed by atoms with Crippen molar-refractivity contribution in [3.8, 4) is 11.5 Å². The van der Waals surface area contributed by atoms with E-state index < -0.39 is 0 Å². The van der Waals surface area contributed by atoms with Crippen LogP contribution in [0.5, 0.6) is 11.5 Å². The van der Waals surface area contributed by atoms with Crippen LogP contribution in [0.15, 0.2) is 65.5 Å². The summed E-state index contributed by atoms with van der Waals surface area (Å²) < 4.78 is 11.8. The predicted molar refractivity (Wildman–Crippen MR) is 113 cm³/mol. The summed E-state index contributed by atoms with van der Waals surface area (Å²) in [6.07, 6.45) is 2.05. The van der Waals surface area contributed by atoms with Gasteiger partial charge in [0, 0.05) is 24.4 Å². The van der Waals surface area contributed by atoms with E-state index in [4.69, 9.17) is 9.47 Å². The molecule has 1 unspecified atom stereocenters. The molecule has 1 aliphatic rings. The molecule has 2 heterocycles. The number of likely N-dealkylation sites (tertiary alicyclic amines) is 1. The number of hydrogen-bond acceptors (Lipinski definition) is 5. The van der Waals surface area contributed by atoms with Crippen molar-refractivity contribution in [2.24, 2.45) is 5.92 Å².